The summed E-state index contributed by atoms with van der Waals surface area (Å²) in [5.41, 5.74) is 3.57. The molecule has 0 aliphatic rings. The van der Waals surface area contributed by atoms with Crippen molar-refractivity contribution in [2.75, 3.05) is 19.0 Å². The number of nitrogens with one attached hydrogen (secondary N) is 1. The molecule has 1 heterocycles. The average molecular weight is 304 g/mol. The molecule has 0 saturated heterocycles. The second-order valence-electron chi connectivity index (χ2n) is 5.19. The van der Waals surface area contributed by atoms with E-state index >= 15 is 0 Å². The molecule has 0 amide bonds. The smallest absolute Gasteiger partial charge is 0.129 e. The van der Waals surface area contributed by atoms with Gasteiger partial charge in [0.1, 0.15) is 5.82 Å². The lowest BCUT2D eigenvalue weighted by molar-refractivity contribution is 0.805. The number of rotatable bonds is 6. The van der Waals surface area contributed by atoms with Gasteiger partial charge in [0.05, 0.1) is 0 Å². The van der Waals surface area contributed by atoms with Gasteiger partial charge in [-0.15, -0.1) is 0 Å². The zero-order valence-electron chi connectivity index (χ0n) is 12.9. The van der Waals surface area contributed by atoms with E-state index in [1.807, 2.05) is 25.2 Å². The third-order valence-electron chi connectivity index (χ3n) is 3.37. The predicted molar refractivity (Wildman–Crippen MR) is 89.9 cm³/mol. The number of hydrogen-bond acceptors (Lipinski definition) is 3. The Labute approximate surface area is 132 Å². The van der Waals surface area contributed by atoms with Crippen molar-refractivity contribution in [3.8, 4) is 0 Å². The molecule has 1 aromatic heterocycles. The molecule has 0 atom stereocenters. The van der Waals surface area contributed by atoms with E-state index in [1.54, 1.807) is 0 Å². The SMILES string of the molecule is CCc1cc(CNC)cc(N(C)Cc2cccc(Cl)c2)n1. The van der Waals surface area contributed by atoms with Crippen molar-refractivity contribution in [2.45, 2.75) is 26.4 Å². The van der Waals surface area contributed by atoms with Gasteiger partial charge < -0.3 is 10.2 Å². The predicted octanol–water partition coefficient (Wildman–Crippen LogP) is 3.65. The maximum absolute atomic E-state index is 6.05. The summed E-state index contributed by atoms with van der Waals surface area (Å²) < 4.78 is 0. The summed E-state index contributed by atoms with van der Waals surface area (Å²) in [7, 11) is 4.02. The molecule has 0 radical (unpaired) electrons. The van der Waals surface area contributed by atoms with Crippen molar-refractivity contribution in [3.63, 3.8) is 0 Å². The van der Waals surface area contributed by atoms with E-state index in [0.717, 1.165) is 36.0 Å². The molecule has 0 aliphatic carbocycles. The Balaban J connectivity index is 2.21. The van der Waals surface area contributed by atoms with E-state index in [0.29, 0.717) is 0 Å². The van der Waals surface area contributed by atoms with Gasteiger partial charge in [-0.1, -0.05) is 30.7 Å². The van der Waals surface area contributed by atoms with E-state index in [2.05, 4.69) is 42.4 Å². The van der Waals surface area contributed by atoms with Gasteiger partial charge in [0.15, 0.2) is 0 Å². The van der Waals surface area contributed by atoms with E-state index in [9.17, 15) is 0 Å². The van der Waals surface area contributed by atoms with E-state index in [-0.39, 0.29) is 0 Å². The summed E-state index contributed by atoms with van der Waals surface area (Å²) in [4.78, 5) is 6.87. The minimum atomic E-state index is 0.770. The monoisotopic (exact) mass is 303 g/mol. The van der Waals surface area contributed by atoms with Crippen molar-refractivity contribution >= 4 is 17.4 Å². The molecule has 0 bridgehead atoms. The first-order valence-electron chi connectivity index (χ1n) is 7.22. The number of aryl methyl sites for hydroxylation is 1. The number of anilines is 1. The lowest BCUT2D eigenvalue weighted by Gasteiger charge is -2.20. The summed E-state index contributed by atoms with van der Waals surface area (Å²) in [5, 5.41) is 3.97. The minimum absolute atomic E-state index is 0.770. The molecule has 4 heteroatoms. The van der Waals surface area contributed by atoms with Crippen LogP contribution in [0.25, 0.3) is 0 Å². The van der Waals surface area contributed by atoms with Crippen molar-refractivity contribution in [1.82, 2.24) is 10.3 Å². The van der Waals surface area contributed by atoms with Gasteiger partial charge in [-0.3, -0.25) is 0 Å². The number of aromatic nitrogens is 1. The Kier molecular flexibility index (Phi) is 5.59. The Hall–Kier alpha value is -1.58. The van der Waals surface area contributed by atoms with Crippen LogP contribution < -0.4 is 10.2 Å². The number of hydrogen-bond donors (Lipinski definition) is 1. The van der Waals surface area contributed by atoms with Crippen molar-refractivity contribution in [1.29, 1.82) is 0 Å². The zero-order chi connectivity index (χ0) is 15.2. The zero-order valence-corrected chi connectivity index (χ0v) is 13.6. The molecular formula is C17H22ClN3. The number of halogens is 1. The molecule has 0 fully saturated rings. The van der Waals surface area contributed by atoms with Crippen molar-refractivity contribution in [3.05, 3.63) is 58.2 Å². The van der Waals surface area contributed by atoms with Crippen LogP contribution in [0, 0.1) is 0 Å². The number of pyridine rings is 1. The van der Waals surface area contributed by atoms with Crippen LogP contribution in [0.3, 0.4) is 0 Å². The maximum atomic E-state index is 6.05. The largest absolute Gasteiger partial charge is 0.355 e. The van der Waals surface area contributed by atoms with Gasteiger partial charge in [0.2, 0.25) is 0 Å². The summed E-state index contributed by atoms with van der Waals surface area (Å²) in [6, 6.07) is 12.3. The van der Waals surface area contributed by atoms with Gasteiger partial charge >= 0.3 is 0 Å². The third kappa shape index (κ3) is 4.45. The van der Waals surface area contributed by atoms with Crippen molar-refractivity contribution < 1.29 is 0 Å². The van der Waals surface area contributed by atoms with Gasteiger partial charge in [0, 0.05) is 30.9 Å². The Morgan fingerprint density at radius 2 is 2.00 bits per heavy atom. The summed E-state index contributed by atoms with van der Waals surface area (Å²) >= 11 is 6.05. The molecule has 0 saturated carbocycles. The molecular weight excluding hydrogens is 282 g/mol. The average Bonchev–Trinajstić information content (AvgIpc) is 2.47. The fourth-order valence-electron chi connectivity index (χ4n) is 2.31. The van der Waals surface area contributed by atoms with Crippen LogP contribution in [0.15, 0.2) is 36.4 Å². The van der Waals surface area contributed by atoms with Gasteiger partial charge in [-0.25, -0.2) is 4.98 Å². The van der Waals surface area contributed by atoms with Crippen LogP contribution in [0.2, 0.25) is 5.02 Å². The molecule has 0 unspecified atom stereocenters. The molecule has 3 nitrogen and oxygen atoms in total. The third-order valence-corrected chi connectivity index (χ3v) is 3.60. The fourth-order valence-corrected chi connectivity index (χ4v) is 2.52. The first kappa shape index (κ1) is 15.8. The molecule has 1 N–H and O–H groups in total. The minimum Gasteiger partial charge on any atom is -0.355 e. The molecule has 1 aromatic carbocycles. The van der Waals surface area contributed by atoms with E-state index < -0.39 is 0 Å². The molecule has 0 aliphatic heterocycles. The van der Waals surface area contributed by atoms with E-state index in [4.69, 9.17) is 16.6 Å². The first-order chi connectivity index (χ1) is 10.1. The van der Waals surface area contributed by atoms with Gasteiger partial charge in [0.25, 0.3) is 0 Å². The van der Waals surface area contributed by atoms with Crippen LogP contribution >= 0.6 is 11.6 Å². The van der Waals surface area contributed by atoms with Crippen LogP contribution in [-0.2, 0) is 19.5 Å². The molecule has 21 heavy (non-hydrogen) atoms. The first-order valence-corrected chi connectivity index (χ1v) is 7.60. The molecule has 112 valence electrons. The summed E-state index contributed by atoms with van der Waals surface area (Å²) in [6.07, 6.45) is 0.940. The van der Waals surface area contributed by atoms with Crippen molar-refractivity contribution in [2.24, 2.45) is 0 Å². The highest BCUT2D eigenvalue weighted by molar-refractivity contribution is 6.30. The fraction of sp³-hybridized carbons (Fsp3) is 0.353. The number of nitrogens with zero attached hydrogens (tertiary/aromatic N) is 2. The Morgan fingerprint density at radius 1 is 1.19 bits per heavy atom. The van der Waals surface area contributed by atoms with Gasteiger partial charge in [-0.2, -0.15) is 0 Å². The van der Waals surface area contributed by atoms with Crippen LogP contribution in [0.4, 0.5) is 5.82 Å². The molecule has 2 aromatic rings. The number of benzene rings is 1. The summed E-state index contributed by atoms with van der Waals surface area (Å²) in [6.45, 7) is 3.78. The lowest BCUT2D eigenvalue weighted by Crippen LogP contribution is -2.19. The van der Waals surface area contributed by atoms with Gasteiger partial charge in [-0.05, 0) is 48.9 Å². The highest BCUT2D eigenvalue weighted by atomic mass is 35.5. The molecule has 0 spiro atoms. The van der Waals surface area contributed by atoms with E-state index in [1.165, 1.54) is 11.1 Å². The highest BCUT2D eigenvalue weighted by Gasteiger charge is 2.07. The standard InChI is InChI=1S/C17H22ClN3/c1-4-16-9-14(11-19-2)10-17(20-16)21(3)12-13-6-5-7-15(18)8-13/h5-10,19H,4,11-12H2,1-3H3. The maximum Gasteiger partial charge on any atom is 0.129 e. The second-order valence-corrected chi connectivity index (χ2v) is 5.63. The quantitative estimate of drug-likeness (QED) is 0.883. The summed E-state index contributed by atoms with van der Waals surface area (Å²) in [5.74, 6) is 1.000. The van der Waals surface area contributed by atoms with Crippen LogP contribution in [0.5, 0.6) is 0 Å². The second kappa shape index (κ2) is 7.43. The normalized spacial score (nSPS) is 10.7. The highest BCUT2D eigenvalue weighted by Crippen LogP contribution is 2.18. The lowest BCUT2D eigenvalue weighted by atomic mass is 10.1. The Bertz CT molecular complexity index is 598. The van der Waals surface area contributed by atoms with Crippen LogP contribution in [0.1, 0.15) is 23.7 Å². The Morgan fingerprint density at radius 3 is 2.67 bits per heavy atom. The van der Waals surface area contributed by atoms with Crippen LogP contribution in [-0.4, -0.2) is 19.1 Å². The molecule has 2 rings (SSSR count). The topological polar surface area (TPSA) is 28.2 Å².